The second-order valence-electron chi connectivity index (χ2n) is 9.47. The Labute approximate surface area is 231 Å². The first-order chi connectivity index (χ1) is 19.6. The van der Waals surface area contributed by atoms with E-state index in [2.05, 4.69) is 15.3 Å². The first kappa shape index (κ1) is 25.4. The standard InChI is InChI=1S/C31H28N4O5/c1-38-27-16-22-24(17-28(27)39-2)32-14-13-26(22)40-21-11-12-29(33-18-21)34-30(36)23-15-19-7-6-10-25(19)35(31(23)37)20-8-4-3-5-9-20/h3-5,8-9,11-18,31,37H,6-7,10H2,1-2H3,(H,33,34,36). The topological polar surface area (TPSA) is 106 Å². The van der Waals surface area contributed by atoms with Crippen LogP contribution in [0.5, 0.6) is 23.0 Å². The van der Waals surface area contributed by atoms with E-state index in [-0.39, 0.29) is 5.57 Å². The zero-order valence-electron chi connectivity index (χ0n) is 22.1. The lowest BCUT2D eigenvalue weighted by atomic mass is 10.0. The number of hydrogen-bond donors (Lipinski definition) is 2. The molecule has 1 aliphatic carbocycles. The number of rotatable bonds is 7. The fourth-order valence-corrected chi connectivity index (χ4v) is 5.17. The molecule has 0 fully saturated rings. The van der Waals surface area contributed by atoms with E-state index in [0.717, 1.165) is 41.6 Å². The number of aliphatic hydroxyl groups excluding tert-OH is 1. The Balaban J connectivity index is 1.20. The van der Waals surface area contributed by atoms with Crippen molar-refractivity contribution >= 4 is 28.3 Å². The summed E-state index contributed by atoms with van der Waals surface area (Å²) in [5.74, 6) is 2.12. The van der Waals surface area contributed by atoms with Gasteiger partial charge in [0, 0.05) is 29.0 Å². The molecular weight excluding hydrogens is 508 g/mol. The van der Waals surface area contributed by atoms with Crippen LogP contribution in [-0.4, -0.2) is 41.4 Å². The van der Waals surface area contributed by atoms with Crippen LogP contribution in [0.25, 0.3) is 10.9 Å². The Kier molecular flexibility index (Phi) is 6.79. The highest BCUT2D eigenvalue weighted by molar-refractivity contribution is 6.05. The maximum absolute atomic E-state index is 13.3. The molecule has 0 bridgehead atoms. The van der Waals surface area contributed by atoms with Gasteiger partial charge in [0.2, 0.25) is 0 Å². The third-order valence-electron chi connectivity index (χ3n) is 7.08. The van der Waals surface area contributed by atoms with Crippen LogP contribution in [0.3, 0.4) is 0 Å². The molecule has 202 valence electrons. The van der Waals surface area contributed by atoms with Gasteiger partial charge in [-0.3, -0.25) is 9.78 Å². The SMILES string of the molecule is COc1cc2nccc(Oc3ccc(NC(=O)C4=CC5=C(CCC5)N(c5ccccc5)C4O)nc3)c2cc1OC. The third-order valence-corrected chi connectivity index (χ3v) is 7.08. The molecule has 4 aromatic rings. The van der Waals surface area contributed by atoms with Crippen LogP contribution in [-0.2, 0) is 4.79 Å². The number of nitrogens with one attached hydrogen (secondary N) is 1. The second kappa shape index (κ2) is 10.7. The van der Waals surface area contributed by atoms with Gasteiger partial charge < -0.3 is 29.5 Å². The zero-order chi connectivity index (χ0) is 27.6. The highest BCUT2D eigenvalue weighted by Crippen LogP contribution is 2.40. The average Bonchev–Trinajstić information content (AvgIpc) is 3.46. The highest BCUT2D eigenvalue weighted by atomic mass is 16.5. The van der Waals surface area contributed by atoms with Crippen LogP contribution in [0, 0.1) is 0 Å². The van der Waals surface area contributed by atoms with Gasteiger partial charge in [-0.2, -0.15) is 0 Å². The Morgan fingerprint density at radius 2 is 1.77 bits per heavy atom. The predicted molar refractivity (Wildman–Crippen MR) is 152 cm³/mol. The minimum absolute atomic E-state index is 0.277. The molecule has 1 amide bonds. The molecule has 1 atom stereocenters. The van der Waals surface area contributed by atoms with Crippen LogP contribution in [0.2, 0.25) is 0 Å². The van der Waals surface area contributed by atoms with E-state index in [1.165, 1.54) is 6.20 Å². The largest absolute Gasteiger partial charge is 0.493 e. The van der Waals surface area contributed by atoms with Crippen LogP contribution in [0.1, 0.15) is 19.3 Å². The summed E-state index contributed by atoms with van der Waals surface area (Å²) < 4.78 is 16.9. The number of amides is 1. The van der Waals surface area contributed by atoms with E-state index < -0.39 is 12.1 Å². The number of pyridine rings is 2. The summed E-state index contributed by atoms with van der Waals surface area (Å²) >= 11 is 0. The molecule has 1 aliphatic heterocycles. The van der Waals surface area contributed by atoms with Crippen LogP contribution in [0.4, 0.5) is 11.5 Å². The fourth-order valence-electron chi connectivity index (χ4n) is 5.17. The lowest BCUT2D eigenvalue weighted by molar-refractivity contribution is -0.113. The quantitative estimate of drug-likeness (QED) is 0.315. The van der Waals surface area contributed by atoms with Gasteiger partial charge in [-0.25, -0.2) is 4.98 Å². The predicted octanol–water partition coefficient (Wildman–Crippen LogP) is 5.58. The maximum Gasteiger partial charge on any atom is 0.257 e. The van der Waals surface area contributed by atoms with E-state index in [1.807, 2.05) is 47.4 Å². The summed E-state index contributed by atoms with van der Waals surface area (Å²) in [5, 5.41) is 14.8. The maximum atomic E-state index is 13.3. The van der Waals surface area contributed by atoms with Gasteiger partial charge in [-0.1, -0.05) is 18.2 Å². The molecule has 0 spiro atoms. The molecule has 6 rings (SSSR count). The molecule has 40 heavy (non-hydrogen) atoms. The average molecular weight is 537 g/mol. The molecule has 2 aromatic carbocycles. The Morgan fingerprint density at radius 3 is 2.52 bits per heavy atom. The molecule has 3 heterocycles. The summed E-state index contributed by atoms with van der Waals surface area (Å²) in [6.45, 7) is 0. The number of nitrogens with zero attached hydrogens (tertiary/aromatic N) is 3. The number of allylic oxidation sites excluding steroid dienone is 3. The molecule has 2 aromatic heterocycles. The van der Waals surface area contributed by atoms with Crippen LogP contribution < -0.4 is 24.4 Å². The summed E-state index contributed by atoms with van der Waals surface area (Å²) in [7, 11) is 3.15. The van der Waals surface area contributed by atoms with E-state index in [4.69, 9.17) is 14.2 Å². The second-order valence-corrected chi connectivity index (χ2v) is 9.47. The van der Waals surface area contributed by atoms with E-state index in [0.29, 0.717) is 34.3 Å². The zero-order valence-corrected chi connectivity index (χ0v) is 22.1. The lowest BCUT2D eigenvalue weighted by Crippen LogP contribution is -2.41. The molecule has 0 saturated carbocycles. The van der Waals surface area contributed by atoms with Crippen molar-refractivity contribution in [2.75, 3.05) is 24.4 Å². The van der Waals surface area contributed by atoms with E-state index in [9.17, 15) is 9.90 Å². The van der Waals surface area contributed by atoms with Crippen molar-refractivity contribution in [1.82, 2.24) is 9.97 Å². The summed E-state index contributed by atoms with van der Waals surface area (Å²) in [4.78, 5) is 23.9. The molecule has 2 aliphatic rings. The van der Waals surface area contributed by atoms with E-state index >= 15 is 0 Å². The summed E-state index contributed by atoms with van der Waals surface area (Å²) in [6.07, 6.45) is 6.62. The molecule has 0 saturated heterocycles. The number of carbonyl (C=O) groups excluding carboxylic acids is 1. The van der Waals surface area contributed by atoms with Crippen molar-refractivity contribution in [2.45, 2.75) is 25.5 Å². The Bertz CT molecular complexity index is 1630. The first-order valence-corrected chi connectivity index (χ1v) is 13.0. The fraction of sp³-hybridized carbons (Fsp3) is 0.194. The monoisotopic (exact) mass is 536 g/mol. The van der Waals surface area contributed by atoms with Crippen molar-refractivity contribution in [2.24, 2.45) is 0 Å². The number of fused-ring (bicyclic) bond motifs is 1. The van der Waals surface area contributed by atoms with Crippen molar-refractivity contribution in [3.63, 3.8) is 0 Å². The number of para-hydroxylation sites is 1. The van der Waals surface area contributed by atoms with Gasteiger partial charge in [0.1, 0.15) is 17.3 Å². The smallest absolute Gasteiger partial charge is 0.257 e. The van der Waals surface area contributed by atoms with Crippen LogP contribution in [0.15, 0.2) is 96.0 Å². The number of carbonyl (C=O) groups is 1. The van der Waals surface area contributed by atoms with Gasteiger partial charge >= 0.3 is 0 Å². The van der Waals surface area contributed by atoms with E-state index in [1.54, 1.807) is 44.7 Å². The molecule has 9 heteroatoms. The van der Waals surface area contributed by atoms with Gasteiger partial charge in [0.25, 0.3) is 5.91 Å². The Hall–Kier alpha value is -4.89. The summed E-state index contributed by atoms with van der Waals surface area (Å²) in [6, 6.07) is 18.4. The highest BCUT2D eigenvalue weighted by Gasteiger charge is 2.35. The van der Waals surface area contributed by atoms with Gasteiger partial charge in [0.05, 0.1) is 31.5 Å². The summed E-state index contributed by atoms with van der Waals surface area (Å²) in [5.41, 5.74) is 3.96. The van der Waals surface area contributed by atoms with Gasteiger partial charge in [-0.15, -0.1) is 0 Å². The molecule has 9 nitrogen and oxygen atoms in total. The molecule has 2 N–H and O–H groups in total. The lowest BCUT2D eigenvalue weighted by Gasteiger charge is -2.35. The number of methoxy groups -OCH3 is 2. The van der Waals surface area contributed by atoms with Gasteiger partial charge in [0.15, 0.2) is 17.7 Å². The number of anilines is 2. The number of aliphatic hydroxyl groups is 1. The number of benzene rings is 2. The van der Waals surface area contributed by atoms with Crippen LogP contribution >= 0.6 is 0 Å². The van der Waals surface area contributed by atoms with Crippen molar-refractivity contribution in [3.8, 4) is 23.0 Å². The Morgan fingerprint density at radius 1 is 0.975 bits per heavy atom. The minimum atomic E-state index is -1.10. The van der Waals surface area contributed by atoms with Crippen molar-refractivity contribution in [1.29, 1.82) is 0 Å². The van der Waals surface area contributed by atoms with Gasteiger partial charge in [-0.05, 0) is 67.3 Å². The van der Waals surface area contributed by atoms with Crippen molar-refractivity contribution in [3.05, 3.63) is 96.0 Å². The third kappa shape index (κ3) is 4.71. The number of ether oxygens (including phenoxy) is 3. The molecule has 0 radical (unpaired) electrons. The molecular formula is C31H28N4O5. The van der Waals surface area contributed by atoms with Crippen molar-refractivity contribution < 1.29 is 24.1 Å². The normalized spacial score (nSPS) is 16.4. The molecule has 1 unspecified atom stereocenters. The number of hydrogen-bond acceptors (Lipinski definition) is 8. The minimum Gasteiger partial charge on any atom is -0.493 e. The first-order valence-electron chi connectivity index (χ1n) is 13.0. The number of aromatic nitrogens is 2.